The van der Waals surface area contributed by atoms with Gasteiger partial charge in [-0.25, -0.2) is 9.97 Å². The Hall–Kier alpha value is -1.62. The van der Waals surface area contributed by atoms with Crippen molar-refractivity contribution in [2.24, 2.45) is 0 Å². The minimum absolute atomic E-state index is 0.503. The molecule has 0 spiro atoms. The number of nitrogens with zero attached hydrogens (tertiary/aromatic N) is 2. The van der Waals surface area contributed by atoms with Gasteiger partial charge in [-0.2, -0.15) is 0 Å². The molecule has 2 aromatic rings. The van der Waals surface area contributed by atoms with Crippen LogP contribution in [-0.4, -0.2) is 24.2 Å². The Morgan fingerprint density at radius 3 is 2.55 bits per heavy atom. The second kappa shape index (κ2) is 5.40. The number of hydrogen-bond donors (Lipinski definition) is 0. The van der Waals surface area contributed by atoms with Gasteiger partial charge in [-0.3, -0.25) is 0 Å². The van der Waals surface area contributed by atoms with Crippen LogP contribution in [0.4, 0.5) is 0 Å². The third kappa shape index (κ3) is 2.63. The summed E-state index contributed by atoms with van der Waals surface area (Å²) in [6.07, 6.45) is 2.34. The molecule has 3 rings (SSSR count). The fraction of sp³-hybridized carbons (Fsp3) is 0.333. The fourth-order valence-corrected chi connectivity index (χ4v) is 2.51. The van der Waals surface area contributed by atoms with E-state index in [2.05, 4.69) is 25.9 Å². The largest absolute Gasteiger partial charge is 0.497 e. The molecule has 0 bridgehead atoms. The molecule has 1 heterocycles. The molecule has 1 saturated carbocycles. The topological polar surface area (TPSA) is 44.2 Å². The highest BCUT2D eigenvalue weighted by Crippen LogP contribution is 2.40. The number of hydrogen-bond acceptors (Lipinski definition) is 4. The molecule has 1 aliphatic rings. The normalized spacial score (nSPS) is 14.2. The van der Waals surface area contributed by atoms with Gasteiger partial charge >= 0.3 is 0 Å². The first-order valence-corrected chi connectivity index (χ1v) is 7.27. The molecule has 1 aromatic carbocycles. The summed E-state index contributed by atoms with van der Waals surface area (Å²) in [5.74, 6) is 2.96. The van der Waals surface area contributed by atoms with Crippen LogP contribution in [0.2, 0.25) is 0 Å². The van der Waals surface area contributed by atoms with Crippen LogP contribution in [0.15, 0.2) is 28.9 Å². The third-order valence-electron chi connectivity index (χ3n) is 3.34. The second-order valence-corrected chi connectivity index (χ2v) is 5.59. The van der Waals surface area contributed by atoms with Crippen molar-refractivity contribution in [3.8, 4) is 22.8 Å². The van der Waals surface area contributed by atoms with Gasteiger partial charge in [-0.1, -0.05) is 0 Å². The van der Waals surface area contributed by atoms with Gasteiger partial charge in [0, 0.05) is 11.5 Å². The molecule has 1 fully saturated rings. The van der Waals surface area contributed by atoms with Gasteiger partial charge in [0.1, 0.15) is 21.9 Å². The molecule has 5 heteroatoms. The van der Waals surface area contributed by atoms with Gasteiger partial charge in [-0.05, 0) is 53.0 Å². The van der Waals surface area contributed by atoms with E-state index in [1.807, 2.05) is 24.3 Å². The molecule has 104 valence electrons. The molecule has 0 N–H and O–H groups in total. The van der Waals surface area contributed by atoms with Gasteiger partial charge in [0.05, 0.1) is 19.9 Å². The zero-order valence-corrected chi connectivity index (χ0v) is 13.0. The Labute approximate surface area is 126 Å². The van der Waals surface area contributed by atoms with Gasteiger partial charge < -0.3 is 9.47 Å². The summed E-state index contributed by atoms with van der Waals surface area (Å²) in [4.78, 5) is 9.13. The van der Waals surface area contributed by atoms with Gasteiger partial charge in [-0.15, -0.1) is 0 Å². The van der Waals surface area contributed by atoms with Gasteiger partial charge in [0.25, 0.3) is 0 Å². The average molecular weight is 335 g/mol. The molecule has 0 saturated heterocycles. The molecule has 1 aromatic heterocycles. The van der Waals surface area contributed by atoms with Crippen molar-refractivity contribution in [2.75, 3.05) is 14.2 Å². The highest BCUT2D eigenvalue weighted by molar-refractivity contribution is 9.10. The van der Waals surface area contributed by atoms with Crippen LogP contribution in [0.25, 0.3) is 11.3 Å². The van der Waals surface area contributed by atoms with E-state index in [4.69, 9.17) is 9.47 Å². The zero-order valence-electron chi connectivity index (χ0n) is 11.4. The highest BCUT2D eigenvalue weighted by Gasteiger charge is 2.27. The lowest BCUT2D eigenvalue weighted by Gasteiger charge is -2.11. The predicted octanol–water partition coefficient (Wildman–Crippen LogP) is 3.80. The van der Waals surface area contributed by atoms with Crippen molar-refractivity contribution in [3.63, 3.8) is 0 Å². The van der Waals surface area contributed by atoms with Crippen LogP contribution in [0.5, 0.6) is 11.5 Å². The molecule has 4 nitrogen and oxygen atoms in total. The van der Waals surface area contributed by atoms with E-state index in [1.54, 1.807) is 14.2 Å². The molecule has 0 radical (unpaired) electrons. The number of halogens is 1. The Morgan fingerprint density at radius 2 is 1.90 bits per heavy atom. The lowest BCUT2D eigenvalue weighted by atomic mass is 10.1. The molecular weight excluding hydrogens is 320 g/mol. The molecule has 0 aliphatic heterocycles. The summed E-state index contributed by atoms with van der Waals surface area (Å²) in [6.45, 7) is 0. The summed E-state index contributed by atoms with van der Waals surface area (Å²) >= 11 is 3.47. The predicted molar refractivity (Wildman–Crippen MR) is 80.2 cm³/mol. The molecule has 0 atom stereocenters. The van der Waals surface area contributed by atoms with Crippen LogP contribution in [0.1, 0.15) is 24.6 Å². The molecule has 0 unspecified atom stereocenters. The van der Waals surface area contributed by atoms with Crippen LogP contribution in [0, 0.1) is 0 Å². The summed E-state index contributed by atoms with van der Waals surface area (Å²) < 4.78 is 11.5. The first-order chi connectivity index (χ1) is 9.71. The van der Waals surface area contributed by atoms with Crippen molar-refractivity contribution in [1.29, 1.82) is 0 Å². The van der Waals surface area contributed by atoms with E-state index in [1.165, 1.54) is 12.8 Å². The Kier molecular flexibility index (Phi) is 3.61. The van der Waals surface area contributed by atoms with Crippen LogP contribution < -0.4 is 9.47 Å². The maximum absolute atomic E-state index is 5.42. The smallest absolute Gasteiger partial charge is 0.133 e. The van der Waals surface area contributed by atoms with Crippen LogP contribution in [0.3, 0.4) is 0 Å². The Morgan fingerprint density at radius 1 is 1.10 bits per heavy atom. The first-order valence-electron chi connectivity index (χ1n) is 6.48. The highest BCUT2D eigenvalue weighted by atomic mass is 79.9. The van der Waals surface area contributed by atoms with E-state index in [9.17, 15) is 0 Å². The van der Waals surface area contributed by atoms with Gasteiger partial charge in [0.2, 0.25) is 0 Å². The van der Waals surface area contributed by atoms with Crippen molar-refractivity contribution >= 4 is 15.9 Å². The average Bonchev–Trinajstić information content (AvgIpc) is 3.30. The van der Waals surface area contributed by atoms with Crippen molar-refractivity contribution in [1.82, 2.24) is 9.97 Å². The standard InChI is InChI=1S/C15H15BrN2O2/c1-19-10-5-6-13(20-2)11(7-10)12-8-14(16)18-15(17-12)9-3-4-9/h5-9H,3-4H2,1-2H3. The number of aromatic nitrogens is 2. The minimum atomic E-state index is 0.503. The van der Waals surface area contributed by atoms with E-state index in [0.717, 1.165) is 33.2 Å². The summed E-state index contributed by atoms with van der Waals surface area (Å²) in [6, 6.07) is 7.61. The monoisotopic (exact) mass is 334 g/mol. The van der Waals surface area contributed by atoms with Gasteiger partial charge in [0.15, 0.2) is 0 Å². The number of methoxy groups -OCH3 is 2. The molecule has 0 amide bonds. The quantitative estimate of drug-likeness (QED) is 0.797. The maximum Gasteiger partial charge on any atom is 0.133 e. The SMILES string of the molecule is COc1ccc(OC)c(-c2cc(Br)nc(C3CC3)n2)c1. The third-order valence-corrected chi connectivity index (χ3v) is 3.74. The fourth-order valence-electron chi connectivity index (χ4n) is 2.11. The lowest BCUT2D eigenvalue weighted by Crippen LogP contribution is -1.97. The number of benzene rings is 1. The summed E-state index contributed by atoms with van der Waals surface area (Å²) in [5.41, 5.74) is 1.77. The maximum atomic E-state index is 5.42. The van der Waals surface area contributed by atoms with Crippen LogP contribution >= 0.6 is 15.9 Å². The lowest BCUT2D eigenvalue weighted by molar-refractivity contribution is 0.404. The van der Waals surface area contributed by atoms with Crippen molar-refractivity contribution in [2.45, 2.75) is 18.8 Å². The van der Waals surface area contributed by atoms with Crippen molar-refractivity contribution in [3.05, 3.63) is 34.7 Å². The number of rotatable bonds is 4. The van der Waals surface area contributed by atoms with Crippen LogP contribution in [-0.2, 0) is 0 Å². The molecule has 20 heavy (non-hydrogen) atoms. The molecule has 1 aliphatic carbocycles. The van der Waals surface area contributed by atoms with E-state index >= 15 is 0 Å². The second-order valence-electron chi connectivity index (χ2n) is 4.77. The summed E-state index contributed by atoms with van der Waals surface area (Å²) in [5, 5.41) is 0. The minimum Gasteiger partial charge on any atom is -0.497 e. The first kappa shape index (κ1) is 13.4. The van der Waals surface area contributed by atoms with E-state index in [0.29, 0.717) is 5.92 Å². The van der Waals surface area contributed by atoms with E-state index in [-0.39, 0.29) is 0 Å². The van der Waals surface area contributed by atoms with E-state index < -0.39 is 0 Å². The zero-order chi connectivity index (χ0) is 14.1. The van der Waals surface area contributed by atoms with Crippen molar-refractivity contribution < 1.29 is 9.47 Å². The molecular formula is C15H15BrN2O2. The number of ether oxygens (including phenoxy) is 2. The summed E-state index contributed by atoms with van der Waals surface area (Å²) in [7, 11) is 3.31. The Bertz CT molecular complexity index is 642. The Balaban J connectivity index is 2.11.